The number of rotatable bonds is 23. The van der Waals surface area contributed by atoms with E-state index >= 15 is 0 Å². The van der Waals surface area contributed by atoms with E-state index in [1.807, 2.05) is 26.8 Å². The van der Waals surface area contributed by atoms with Gasteiger partial charge in [-0.25, -0.2) is 4.98 Å². The maximum atomic E-state index is 14.6. The molecule has 1 unspecified atom stereocenters. The molecule has 4 aromatic rings. The third kappa shape index (κ3) is 15.5. The highest BCUT2D eigenvalue weighted by Crippen LogP contribution is 2.28. The standard InChI is InChI=1S/C47H61BN10O12/c1-9-39(48(65)66)53-42(60)34(21-27(2)3)52-46(64)41(47(6,7)8)55-44(62)35(22-31-18-14-13-15-28(31)4)51-45(63)40(30-16-11-10-12-17-30)54-43(61)36(50-29(5)59)23-32-25-56(26-49-32)37-20-19-33(57(67)68)24-38(37)58(69)70/h10-20,24-27,34-36,39-41,65-66H,9,21-23H2,1-8H3,(H,50,59)(H,51,63)(H,52,64)(H,53,60)(H,54,61)(H,55,62)/t34-,35-,36-,39?,40-,41+/m0/s1. The Kier molecular flexibility index (Phi) is 19.4. The van der Waals surface area contributed by atoms with E-state index in [0.717, 1.165) is 17.7 Å². The number of hydrogen-bond acceptors (Lipinski definition) is 13. The lowest BCUT2D eigenvalue weighted by Gasteiger charge is -2.34. The summed E-state index contributed by atoms with van der Waals surface area (Å²) in [5.41, 5.74) is -0.185. The molecule has 70 heavy (non-hydrogen) atoms. The summed E-state index contributed by atoms with van der Waals surface area (Å²) < 4.78 is 1.24. The van der Waals surface area contributed by atoms with E-state index in [1.54, 1.807) is 76.2 Å². The van der Waals surface area contributed by atoms with Gasteiger partial charge >= 0.3 is 7.12 Å². The molecule has 6 atom stereocenters. The van der Waals surface area contributed by atoms with Crippen LogP contribution < -0.4 is 31.9 Å². The molecule has 0 spiro atoms. The maximum absolute atomic E-state index is 14.6. The van der Waals surface area contributed by atoms with Gasteiger partial charge in [0, 0.05) is 32.0 Å². The molecule has 4 rings (SSSR count). The molecule has 0 aliphatic heterocycles. The second-order valence-corrected chi connectivity index (χ2v) is 18.4. The minimum absolute atomic E-state index is 0.0574. The Bertz CT molecular complexity index is 2530. The van der Waals surface area contributed by atoms with E-state index in [9.17, 15) is 59.0 Å². The number of amides is 6. The molecule has 0 saturated carbocycles. The highest BCUT2D eigenvalue weighted by atomic mass is 16.6. The molecule has 23 heteroatoms. The van der Waals surface area contributed by atoms with Gasteiger partial charge in [0.15, 0.2) is 0 Å². The van der Waals surface area contributed by atoms with Gasteiger partial charge in [-0.2, -0.15) is 0 Å². The first-order valence-corrected chi connectivity index (χ1v) is 22.6. The smallest absolute Gasteiger partial charge is 0.426 e. The Labute approximate surface area is 405 Å². The van der Waals surface area contributed by atoms with Gasteiger partial charge in [0.1, 0.15) is 35.9 Å². The van der Waals surface area contributed by atoms with Crippen LogP contribution in [0.5, 0.6) is 0 Å². The summed E-state index contributed by atoms with van der Waals surface area (Å²) in [7, 11) is -1.84. The normalized spacial score (nSPS) is 13.9. The molecule has 374 valence electrons. The number of benzene rings is 3. The van der Waals surface area contributed by atoms with Crippen LogP contribution in [0.25, 0.3) is 5.69 Å². The molecule has 0 bridgehead atoms. The first-order valence-electron chi connectivity index (χ1n) is 22.6. The number of nitrogens with one attached hydrogen (secondary N) is 6. The molecule has 22 nitrogen and oxygen atoms in total. The van der Waals surface area contributed by atoms with Gasteiger partial charge in [-0.3, -0.25) is 53.6 Å². The maximum Gasteiger partial charge on any atom is 0.475 e. The Morgan fingerprint density at radius 2 is 1.34 bits per heavy atom. The Hall–Kier alpha value is -7.53. The SMILES string of the molecule is CCC(NC(=O)[C@H](CC(C)C)NC(=O)[C@@H](NC(=O)[C@H](Cc1ccccc1C)NC(=O)[C@@H](NC(=O)[C@H](Cc1cn(-c2ccc([N+](=O)[O-])cc2[N+](=O)[O-])cn1)NC(C)=O)c1ccccc1)C(C)(C)C)B(O)O. The van der Waals surface area contributed by atoms with Crippen molar-refractivity contribution < 1.29 is 48.7 Å². The predicted molar refractivity (Wildman–Crippen MR) is 258 cm³/mol. The number of carbonyl (C=O) groups excluding carboxylic acids is 6. The highest BCUT2D eigenvalue weighted by Gasteiger charge is 2.39. The fourth-order valence-corrected chi connectivity index (χ4v) is 7.51. The van der Waals surface area contributed by atoms with Crippen molar-refractivity contribution in [2.24, 2.45) is 11.3 Å². The third-order valence-electron chi connectivity index (χ3n) is 11.3. The van der Waals surface area contributed by atoms with Crippen LogP contribution in [0.3, 0.4) is 0 Å². The molecule has 0 fully saturated rings. The largest absolute Gasteiger partial charge is 0.475 e. The summed E-state index contributed by atoms with van der Waals surface area (Å²) in [4.78, 5) is 109. The number of aryl methyl sites for hydroxylation is 1. The fourth-order valence-electron chi connectivity index (χ4n) is 7.51. The van der Waals surface area contributed by atoms with Crippen LogP contribution >= 0.6 is 0 Å². The van der Waals surface area contributed by atoms with Crippen molar-refractivity contribution in [3.05, 3.63) is 128 Å². The van der Waals surface area contributed by atoms with Crippen LogP contribution in [0.2, 0.25) is 0 Å². The van der Waals surface area contributed by atoms with Crippen molar-refractivity contribution in [3.63, 3.8) is 0 Å². The summed E-state index contributed by atoms with van der Waals surface area (Å²) in [5, 5.41) is 58.8. The molecule has 0 aliphatic rings. The van der Waals surface area contributed by atoms with Gasteiger partial charge in [-0.15, -0.1) is 0 Å². The first kappa shape index (κ1) is 55.1. The lowest BCUT2D eigenvalue weighted by atomic mass is 9.77. The molecule has 0 radical (unpaired) electrons. The summed E-state index contributed by atoms with van der Waals surface area (Å²) in [5.74, 6) is -5.54. The number of nitrogens with zero attached hydrogens (tertiary/aromatic N) is 4. The van der Waals surface area contributed by atoms with E-state index in [4.69, 9.17) is 0 Å². The minimum Gasteiger partial charge on any atom is -0.426 e. The average molecular weight is 969 g/mol. The van der Waals surface area contributed by atoms with Crippen LogP contribution in [0.15, 0.2) is 85.3 Å². The summed E-state index contributed by atoms with van der Waals surface area (Å²) >= 11 is 0. The minimum atomic E-state index is -1.84. The average Bonchev–Trinajstić information content (AvgIpc) is 3.76. The van der Waals surface area contributed by atoms with Gasteiger partial charge in [-0.05, 0) is 53.9 Å². The molecule has 0 saturated heterocycles. The zero-order valence-corrected chi connectivity index (χ0v) is 40.3. The predicted octanol–water partition coefficient (Wildman–Crippen LogP) is 2.60. The van der Waals surface area contributed by atoms with Crippen molar-refractivity contribution in [1.82, 2.24) is 41.5 Å². The lowest BCUT2D eigenvalue weighted by molar-refractivity contribution is -0.394. The number of aromatic nitrogens is 2. The fraction of sp³-hybridized carbons (Fsp3) is 0.426. The Morgan fingerprint density at radius 3 is 1.91 bits per heavy atom. The Balaban J connectivity index is 1.66. The monoisotopic (exact) mass is 968 g/mol. The Morgan fingerprint density at radius 1 is 0.743 bits per heavy atom. The van der Waals surface area contributed by atoms with Crippen LogP contribution in [-0.2, 0) is 41.6 Å². The van der Waals surface area contributed by atoms with E-state index in [1.165, 1.54) is 30.1 Å². The zero-order valence-electron chi connectivity index (χ0n) is 40.3. The zero-order chi connectivity index (χ0) is 52.0. The molecule has 1 aromatic heterocycles. The van der Waals surface area contributed by atoms with Crippen molar-refractivity contribution in [2.45, 2.75) is 117 Å². The van der Waals surface area contributed by atoms with Crippen molar-refractivity contribution in [2.75, 3.05) is 0 Å². The van der Waals surface area contributed by atoms with Crippen molar-refractivity contribution in [1.29, 1.82) is 0 Å². The van der Waals surface area contributed by atoms with Gasteiger partial charge < -0.3 is 41.9 Å². The number of hydrogen-bond donors (Lipinski definition) is 8. The first-order chi connectivity index (χ1) is 32.9. The highest BCUT2D eigenvalue weighted by molar-refractivity contribution is 6.43. The summed E-state index contributed by atoms with van der Waals surface area (Å²) in [6.07, 6.45) is 2.58. The molecule has 3 aromatic carbocycles. The number of carbonyl (C=O) groups is 6. The van der Waals surface area contributed by atoms with Gasteiger partial charge in [0.25, 0.3) is 11.4 Å². The van der Waals surface area contributed by atoms with Crippen LogP contribution in [0, 0.1) is 38.5 Å². The van der Waals surface area contributed by atoms with Crippen LogP contribution in [0.4, 0.5) is 11.4 Å². The summed E-state index contributed by atoms with van der Waals surface area (Å²) in [6.45, 7) is 13.4. The van der Waals surface area contributed by atoms with E-state index in [-0.39, 0.29) is 43.0 Å². The number of imidazole rings is 1. The molecule has 8 N–H and O–H groups in total. The van der Waals surface area contributed by atoms with Crippen molar-refractivity contribution >= 4 is 53.9 Å². The molecule has 6 amide bonds. The van der Waals surface area contributed by atoms with E-state index in [2.05, 4.69) is 36.9 Å². The van der Waals surface area contributed by atoms with E-state index in [0.29, 0.717) is 11.1 Å². The molecule has 0 aliphatic carbocycles. The van der Waals surface area contributed by atoms with Crippen LogP contribution in [0.1, 0.15) is 89.7 Å². The third-order valence-corrected chi connectivity index (χ3v) is 11.3. The number of non-ortho nitro benzene ring substituents is 1. The van der Waals surface area contributed by atoms with Gasteiger partial charge in [0.05, 0.1) is 33.9 Å². The van der Waals surface area contributed by atoms with E-state index < -0.39 is 105 Å². The molecular weight excluding hydrogens is 907 g/mol. The molecular formula is C47H61BN10O12. The van der Waals surface area contributed by atoms with Gasteiger partial charge in [0.2, 0.25) is 35.4 Å². The number of nitro benzene ring substituents is 2. The topological polar surface area (TPSA) is 319 Å². The second-order valence-electron chi connectivity index (χ2n) is 18.4. The van der Waals surface area contributed by atoms with Crippen molar-refractivity contribution in [3.8, 4) is 5.69 Å². The number of nitro groups is 2. The van der Waals surface area contributed by atoms with Crippen LogP contribution in [-0.4, -0.2) is 102 Å². The summed E-state index contributed by atoms with van der Waals surface area (Å²) in [6, 6.07) is 11.7. The quantitative estimate of drug-likeness (QED) is 0.0302. The lowest BCUT2D eigenvalue weighted by Crippen LogP contribution is -2.62. The molecule has 1 heterocycles. The van der Waals surface area contributed by atoms with Gasteiger partial charge in [-0.1, -0.05) is 96.1 Å². The second kappa shape index (κ2) is 24.7.